The zero-order valence-electron chi connectivity index (χ0n) is 13.2. The van der Waals surface area contributed by atoms with Crippen LogP contribution in [0.1, 0.15) is 35.9 Å². The van der Waals surface area contributed by atoms with Gasteiger partial charge in [-0.05, 0) is 32.4 Å². The number of likely N-dealkylation sites (tertiary alicyclic amines) is 1. The first-order valence-corrected chi connectivity index (χ1v) is 7.57. The number of nitrogens with zero attached hydrogens (tertiary/aromatic N) is 3. The second-order valence-electron chi connectivity index (χ2n) is 5.74. The maximum Gasteiger partial charge on any atom is 0.270 e. The summed E-state index contributed by atoms with van der Waals surface area (Å²) in [5, 5.41) is 15.1. The summed E-state index contributed by atoms with van der Waals surface area (Å²) < 4.78 is 10.5. The third-order valence-electron chi connectivity index (χ3n) is 4.20. The normalized spacial score (nSPS) is 18.3. The average Bonchev–Trinajstić information content (AvgIpc) is 3.15. The van der Waals surface area contributed by atoms with Crippen molar-refractivity contribution in [3.8, 4) is 5.75 Å². The van der Waals surface area contributed by atoms with Gasteiger partial charge in [0.15, 0.2) is 0 Å². The van der Waals surface area contributed by atoms with E-state index in [0.29, 0.717) is 12.3 Å². The van der Waals surface area contributed by atoms with E-state index in [1.54, 1.807) is 19.2 Å². The largest absolute Gasteiger partial charge is 0.496 e. The molecule has 0 spiro atoms. The smallest absolute Gasteiger partial charge is 0.270 e. The lowest BCUT2D eigenvalue weighted by Crippen LogP contribution is -2.23. The third kappa shape index (κ3) is 3.19. The Hall–Kier alpha value is -2.41. The SMILES string of the molecule is COc1ccc([N+](=O)[O-])cc1CN1CCCC1c1cc(C)on1. The molecule has 23 heavy (non-hydrogen) atoms. The summed E-state index contributed by atoms with van der Waals surface area (Å²) in [4.78, 5) is 12.9. The molecule has 122 valence electrons. The predicted octanol–water partition coefficient (Wildman–Crippen LogP) is 3.24. The molecule has 1 unspecified atom stereocenters. The molecule has 1 saturated heterocycles. The molecule has 0 saturated carbocycles. The van der Waals surface area contributed by atoms with E-state index in [9.17, 15) is 10.1 Å². The Balaban J connectivity index is 1.85. The van der Waals surface area contributed by atoms with Crippen molar-refractivity contribution in [2.45, 2.75) is 32.4 Å². The standard InChI is InChI=1S/C16H19N3O4/c1-11-8-14(17-23-11)15-4-3-7-18(15)10-12-9-13(19(20)21)5-6-16(12)22-2/h5-6,8-9,15H,3-4,7,10H2,1-2H3. The van der Waals surface area contributed by atoms with Crippen LogP contribution in [0.25, 0.3) is 0 Å². The number of nitro benzene ring substituents is 1. The predicted molar refractivity (Wildman–Crippen MR) is 83.3 cm³/mol. The molecule has 0 radical (unpaired) electrons. The highest BCUT2D eigenvalue weighted by Gasteiger charge is 2.29. The van der Waals surface area contributed by atoms with Gasteiger partial charge in [0.05, 0.1) is 18.1 Å². The van der Waals surface area contributed by atoms with Crippen molar-refractivity contribution in [2.24, 2.45) is 0 Å². The molecular weight excluding hydrogens is 298 g/mol. The van der Waals surface area contributed by atoms with E-state index in [-0.39, 0.29) is 16.7 Å². The molecule has 0 amide bonds. The lowest BCUT2D eigenvalue weighted by Gasteiger charge is -2.23. The average molecular weight is 317 g/mol. The van der Waals surface area contributed by atoms with E-state index in [2.05, 4.69) is 10.1 Å². The zero-order chi connectivity index (χ0) is 16.4. The number of non-ortho nitro benzene ring substituents is 1. The summed E-state index contributed by atoms with van der Waals surface area (Å²) >= 11 is 0. The van der Waals surface area contributed by atoms with Crippen molar-refractivity contribution in [3.05, 3.63) is 51.4 Å². The Kier molecular flexibility index (Phi) is 4.29. The molecule has 7 nitrogen and oxygen atoms in total. The maximum absolute atomic E-state index is 11.0. The molecule has 2 heterocycles. The minimum absolute atomic E-state index is 0.0776. The Labute approximate surface area is 134 Å². The third-order valence-corrected chi connectivity index (χ3v) is 4.20. The second kappa shape index (κ2) is 6.37. The van der Waals surface area contributed by atoms with Crippen LogP contribution in [0.2, 0.25) is 0 Å². The number of aromatic nitrogens is 1. The molecule has 0 bridgehead atoms. The first-order chi connectivity index (χ1) is 11.1. The number of hydrogen-bond acceptors (Lipinski definition) is 6. The van der Waals surface area contributed by atoms with Crippen molar-refractivity contribution in [1.82, 2.24) is 10.1 Å². The quantitative estimate of drug-likeness (QED) is 0.622. The highest BCUT2D eigenvalue weighted by molar-refractivity contribution is 5.43. The van der Waals surface area contributed by atoms with Gasteiger partial charge in [0.1, 0.15) is 17.2 Å². The molecule has 1 aromatic heterocycles. The van der Waals surface area contributed by atoms with Crippen LogP contribution in [0.15, 0.2) is 28.8 Å². The van der Waals surface area contributed by atoms with Gasteiger partial charge in [-0.1, -0.05) is 5.16 Å². The van der Waals surface area contributed by atoms with Crippen molar-refractivity contribution in [3.63, 3.8) is 0 Å². The van der Waals surface area contributed by atoms with E-state index in [4.69, 9.17) is 9.26 Å². The summed E-state index contributed by atoms with van der Waals surface area (Å²) in [5.41, 5.74) is 1.81. The van der Waals surface area contributed by atoms with Crippen molar-refractivity contribution >= 4 is 5.69 Å². The number of ether oxygens (including phenoxy) is 1. The minimum atomic E-state index is -0.384. The van der Waals surface area contributed by atoms with Crippen LogP contribution in [0.3, 0.4) is 0 Å². The topological polar surface area (TPSA) is 81.6 Å². The highest BCUT2D eigenvalue weighted by Crippen LogP contribution is 2.35. The summed E-state index contributed by atoms with van der Waals surface area (Å²) in [7, 11) is 1.58. The van der Waals surface area contributed by atoms with E-state index in [1.165, 1.54) is 6.07 Å². The van der Waals surface area contributed by atoms with Gasteiger partial charge in [-0.3, -0.25) is 15.0 Å². The summed E-state index contributed by atoms with van der Waals surface area (Å²) in [5.74, 6) is 1.46. The summed E-state index contributed by atoms with van der Waals surface area (Å²) in [6.45, 7) is 3.38. The Morgan fingerprint density at radius 1 is 1.48 bits per heavy atom. The van der Waals surface area contributed by atoms with Crippen molar-refractivity contribution in [2.75, 3.05) is 13.7 Å². The van der Waals surface area contributed by atoms with Gasteiger partial charge in [-0.2, -0.15) is 0 Å². The van der Waals surface area contributed by atoms with E-state index >= 15 is 0 Å². The van der Waals surface area contributed by atoms with Crippen LogP contribution in [0.4, 0.5) is 5.69 Å². The molecule has 2 aromatic rings. The number of aryl methyl sites for hydroxylation is 1. The lowest BCUT2D eigenvalue weighted by atomic mass is 10.1. The lowest BCUT2D eigenvalue weighted by molar-refractivity contribution is -0.385. The van der Waals surface area contributed by atoms with Crippen LogP contribution < -0.4 is 4.74 Å². The first kappa shape index (κ1) is 15.5. The number of methoxy groups -OCH3 is 1. The zero-order valence-corrected chi connectivity index (χ0v) is 13.2. The Morgan fingerprint density at radius 3 is 2.96 bits per heavy atom. The maximum atomic E-state index is 11.0. The van der Waals surface area contributed by atoms with Crippen LogP contribution in [-0.2, 0) is 6.54 Å². The molecule has 1 atom stereocenters. The van der Waals surface area contributed by atoms with Crippen molar-refractivity contribution in [1.29, 1.82) is 0 Å². The molecule has 0 aliphatic carbocycles. The highest BCUT2D eigenvalue weighted by atomic mass is 16.6. The summed E-state index contributed by atoms with van der Waals surface area (Å²) in [6, 6.07) is 6.83. The van der Waals surface area contributed by atoms with Crippen LogP contribution in [0.5, 0.6) is 5.75 Å². The molecule has 7 heteroatoms. The van der Waals surface area contributed by atoms with Gasteiger partial charge in [-0.25, -0.2) is 0 Å². The van der Waals surface area contributed by atoms with Gasteiger partial charge in [0.25, 0.3) is 5.69 Å². The monoisotopic (exact) mass is 317 g/mol. The number of hydrogen-bond donors (Lipinski definition) is 0. The van der Waals surface area contributed by atoms with E-state index in [1.807, 2.05) is 13.0 Å². The van der Waals surface area contributed by atoms with Gasteiger partial charge in [0.2, 0.25) is 0 Å². The molecule has 0 N–H and O–H groups in total. The van der Waals surface area contributed by atoms with E-state index in [0.717, 1.165) is 36.4 Å². The minimum Gasteiger partial charge on any atom is -0.496 e. The number of benzene rings is 1. The van der Waals surface area contributed by atoms with Crippen LogP contribution in [0, 0.1) is 17.0 Å². The van der Waals surface area contributed by atoms with Gasteiger partial charge < -0.3 is 9.26 Å². The number of rotatable bonds is 5. The molecular formula is C16H19N3O4. The molecule has 1 fully saturated rings. The molecule has 1 aliphatic rings. The Bertz CT molecular complexity index is 713. The fourth-order valence-corrected chi connectivity index (χ4v) is 3.11. The Morgan fingerprint density at radius 2 is 2.30 bits per heavy atom. The fraction of sp³-hybridized carbons (Fsp3) is 0.438. The van der Waals surface area contributed by atoms with Gasteiger partial charge in [-0.15, -0.1) is 0 Å². The molecule has 1 aliphatic heterocycles. The van der Waals surface area contributed by atoms with Gasteiger partial charge >= 0.3 is 0 Å². The first-order valence-electron chi connectivity index (χ1n) is 7.57. The summed E-state index contributed by atoms with van der Waals surface area (Å²) in [6.07, 6.45) is 2.07. The molecule has 3 rings (SSSR count). The fourth-order valence-electron chi connectivity index (χ4n) is 3.11. The molecule has 1 aromatic carbocycles. The van der Waals surface area contributed by atoms with E-state index < -0.39 is 0 Å². The second-order valence-corrected chi connectivity index (χ2v) is 5.74. The van der Waals surface area contributed by atoms with Crippen LogP contribution >= 0.6 is 0 Å². The van der Waals surface area contributed by atoms with Crippen molar-refractivity contribution < 1.29 is 14.2 Å². The van der Waals surface area contributed by atoms with Crippen LogP contribution in [-0.4, -0.2) is 28.6 Å². The number of nitro groups is 1. The van der Waals surface area contributed by atoms with Gasteiger partial charge in [0, 0.05) is 30.3 Å².